The first-order chi connectivity index (χ1) is 8.90. The van der Waals surface area contributed by atoms with Gasteiger partial charge in [-0.25, -0.2) is 0 Å². The van der Waals surface area contributed by atoms with Crippen LogP contribution in [0.4, 0.5) is 0 Å². The molecule has 0 aromatic carbocycles. The average molecular weight is 267 g/mol. The van der Waals surface area contributed by atoms with Crippen LogP contribution in [0, 0.1) is 5.92 Å². The van der Waals surface area contributed by atoms with Gasteiger partial charge in [-0.1, -0.05) is 32.9 Å². The van der Waals surface area contributed by atoms with E-state index in [1.54, 1.807) is 0 Å². The van der Waals surface area contributed by atoms with Crippen LogP contribution in [0.1, 0.15) is 40.3 Å². The summed E-state index contributed by atoms with van der Waals surface area (Å²) in [6, 6.07) is 1.06. The maximum atomic E-state index is 4.18. The van der Waals surface area contributed by atoms with E-state index in [0.717, 1.165) is 25.3 Å². The Bertz CT molecular complexity index is 358. The maximum absolute atomic E-state index is 4.18. The first-order valence-corrected chi connectivity index (χ1v) is 7.22. The zero-order chi connectivity index (χ0) is 14.4. The Balaban J connectivity index is 2.37. The van der Waals surface area contributed by atoms with Gasteiger partial charge in [0.15, 0.2) is 0 Å². The molecule has 0 aliphatic carbocycles. The summed E-state index contributed by atoms with van der Waals surface area (Å²) in [4.78, 5) is 2.37. The number of hydrogen-bond acceptors (Lipinski definition) is 4. The molecule has 0 bridgehead atoms. The van der Waals surface area contributed by atoms with Gasteiger partial charge in [0.25, 0.3) is 0 Å². The summed E-state index contributed by atoms with van der Waals surface area (Å²) in [5, 5.41) is 11.7. The Hall–Kier alpha value is -0.940. The normalized spacial score (nSPS) is 13.7. The van der Waals surface area contributed by atoms with Crippen molar-refractivity contribution in [2.24, 2.45) is 5.92 Å². The van der Waals surface area contributed by atoms with Crippen molar-refractivity contribution in [2.45, 2.75) is 59.8 Å². The van der Waals surface area contributed by atoms with Crippen molar-refractivity contribution in [1.82, 2.24) is 25.2 Å². The van der Waals surface area contributed by atoms with Crippen molar-refractivity contribution >= 4 is 0 Å². The van der Waals surface area contributed by atoms with E-state index in [9.17, 15) is 0 Å². The highest BCUT2D eigenvalue weighted by atomic mass is 15.4. The summed E-state index contributed by atoms with van der Waals surface area (Å²) in [6.07, 6.45) is 2.03. The van der Waals surface area contributed by atoms with E-state index in [2.05, 4.69) is 62.2 Å². The fourth-order valence-corrected chi connectivity index (χ4v) is 1.81. The maximum Gasteiger partial charge on any atom is 0.0964 e. The standard InChI is InChI=1S/C14H29N5/c1-11(2)13(5)18(6)7-8-19-10-14(16-17-19)9-15-12(3)4/h10-13,15H,7-9H2,1-6H3. The lowest BCUT2D eigenvalue weighted by Crippen LogP contribution is -2.35. The molecule has 5 nitrogen and oxygen atoms in total. The average Bonchev–Trinajstić information content (AvgIpc) is 2.80. The number of likely N-dealkylation sites (N-methyl/N-ethyl adjacent to an activating group) is 1. The van der Waals surface area contributed by atoms with E-state index < -0.39 is 0 Å². The van der Waals surface area contributed by atoms with Crippen molar-refractivity contribution in [3.05, 3.63) is 11.9 Å². The summed E-state index contributed by atoms with van der Waals surface area (Å²) in [7, 11) is 2.17. The minimum atomic E-state index is 0.475. The van der Waals surface area contributed by atoms with E-state index in [4.69, 9.17) is 0 Å². The minimum Gasteiger partial charge on any atom is -0.309 e. The molecule has 1 unspecified atom stereocenters. The van der Waals surface area contributed by atoms with Crippen LogP contribution in [-0.4, -0.2) is 45.6 Å². The highest BCUT2D eigenvalue weighted by Gasteiger charge is 2.12. The molecule has 110 valence electrons. The second-order valence-corrected chi connectivity index (χ2v) is 5.97. The van der Waals surface area contributed by atoms with Crippen LogP contribution in [0.15, 0.2) is 6.20 Å². The molecule has 0 aliphatic heterocycles. The lowest BCUT2D eigenvalue weighted by Gasteiger charge is -2.27. The van der Waals surface area contributed by atoms with Gasteiger partial charge in [-0.2, -0.15) is 0 Å². The zero-order valence-corrected chi connectivity index (χ0v) is 13.2. The van der Waals surface area contributed by atoms with Gasteiger partial charge in [-0.05, 0) is 19.9 Å². The predicted molar refractivity (Wildman–Crippen MR) is 78.9 cm³/mol. The van der Waals surface area contributed by atoms with Crippen LogP contribution >= 0.6 is 0 Å². The lowest BCUT2D eigenvalue weighted by molar-refractivity contribution is 0.198. The van der Waals surface area contributed by atoms with Crippen LogP contribution < -0.4 is 5.32 Å². The fraction of sp³-hybridized carbons (Fsp3) is 0.857. The molecule has 1 aromatic rings. The molecule has 0 saturated heterocycles. The molecule has 0 spiro atoms. The van der Waals surface area contributed by atoms with Gasteiger partial charge in [0.05, 0.1) is 12.2 Å². The third-order valence-corrected chi connectivity index (χ3v) is 3.62. The second kappa shape index (κ2) is 7.60. The highest BCUT2D eigenvalue weighted by Crippen LogP contribution is 2.07. The van der Waals surface area contributed by atoms with E-state index >= 15 is 0 Å². The van der Waals surface area contributed by atoms with Crippen LogP contribution in [0.2, 0.25) is 0 Å². The Kier molecular flexibility index (Phi) is 6.45. The smallest absolute Gasteiger partial charge is 0.0964 e. The molecule has 0 fully saturated rings. The minimum absolute atomic E-state index is 0.475. The number of nitrogens with one attached hydrogen (secondary N) is 1. The van der Waals surface area contributed by atoms with Crippen molar-refractivity contribution in [2.75, 3.05) is 13.6 Å². The fourth-order valence-electron chi connectivity index (χ4n) is 1.81. The third kappa shape index (κ3) is 5.70. The van der Waals surface area contributed by atoms with Crippen molar-refractivity contribution in [3.63, 3.8) is 0 Å². The summed E-state index contributed by atoms with van der Waals surface area (Å²) < 4.78 is 1.93. The molecule has 0 aliphatic rings. The number of hydrogen-bond donors (Lipinski definition) is 1. The quantitative estimate of drug-likeness (QED) is 0.779. The summed E-state index contributed by atoms with van der Waals surface area (Å²) in [5.74, 6) is 0.673. The van der Waals surface area contributed by atoms with Crippen LogP contribution in [0.3, 0.4) is 0 Å². The van der Waals surface area contributed by atoms with E-state index in [1.807, 2.05) is 10.9 Å². The third-order valence-electron chi connectivity index (χ3n) is 3.62. The Morgan fingerprint density at radius 1 is 1.26 bits per heavy atom. The summed E-state index contributed by atoms with van der Waals surface area (Å²) >= 11 is 0. The number of aromatic nitrogens is 3. The molecule has 19 heavy (non-hydrogen) atoms. The van der Waals surface area contributed by atoms with Gasteiger partial charge >= 0.3 is 0 Å². The summed E-state index contributed by atoms with van der Waals surface area (Å²) in [6.45, 7) is 13.7. The molecule has 1 aromatic heterocycles. The van der Waals surface area contributed by atoms with Crippen LogP contribution in [0.25, 0.3) is 0 Å². The second-order valence-electron chi connectivity index (χ2n) is 5.97. The monoisotopic (exact) mass is 267 g/mol. The first-order valence-electron chi connectivity index (χ1n) is 7.22. The van der Waals surface area contributed by atoms with E-state index in [1.165, 1.54) is 0 Å². The van der Waals surface area contributed by atoms with Gasteiger partial charge in [-0.15, -0.1) is 5.10 Å². The predicted octanol–water partition coefficient (Wildman–Crippen LogP) is 1.75. The molecule has 1 rings (SSSR count). The van der Waals surface area contributed by atoms with Gasteiger partial charge < -0.3 is 10.2 Å². The molecule has 0 amide bonds. The van der Waals surface area contributed by atoms with Gasteiger partial charge in [0.1, 0.15) is 0 Å². The molecular formula is C14H29N5. The SMILES string of the molecule is CC(C)NCc1cn(CCN(C)C(C)C(C)C)nn1. The largest absolute Gasteiger partial charge is 0.309 e. The lowest BCUT2D eigenvalue weighted by atomic mass is 10.1. The van der Waals surface area contributed by atoms with Gasteiger partial charge in [-0.3, -0.25) is 4.68 Å². The highest BCUT2D eigenvalue weighted by molar-refractivity contribution is 4.91. The van der Waals surface area contributed by atoms with E-state index in [0.29, 0.717) is 18.0 Å². The molecular weight excluding hydrogens is 238 g/mol. The van der Waals surface area contributed by atoms with Crippen molar-refractivity contribution in [1.29, 1.82) is 0 Å². The molecule has 0 radical (unpaired) electrons. The first kappa shape index (κ1) is 16.1. The Labute approximate surface area is 117 Å². The molecule has 1 N–H and O–H groups in total. The van der Waals surface area contributed by atoms with Crippen molar-refractivity contribution in [3.8, 4) is 0 Å². The zero-order valence-electron chi connectivity index (χ0n) is 13.2. The van der Waals surface area contributed by atoms with Crippen molar-refractivity contribution < 1.29 is 0 Å². The Morgan fingerprint density at radius 3 is 2.53 bits per heavy atom. The molecule has 1 heterocycles. The number of nitrogens with zero attached hydrogens (tertiary/aromatic N) is 4. The Morgan fingerprint density at radius 2 is 1.95 bits per heavy atom. The van der Waals surface area contributed by atoms with Crippen LogP contribution in [0.5, 0.6) is 0 Å². The van der Waals surface area contributed by atoms with Gasteiger partial charge in [0, 0.05) is 31.4 Å². The van der Waals surface area contributed by atoms with Gasteiger partial charge in [0.2, 0.25) is 0 Å². The van der Waals surface area contributed by atoms with E-state index in [-0.39, 0.29) is 0 Å². The molecule has 0 saturated carbocycles. The molecule has 1 atom stereocenters. The topological polar surface area (TPSA) is 46.0 Å². The van der Waals surface area contributed by atoms with Crippen LogP contribution in [-0.2, 0) is 13.1 Å². The molecule has 5 heteroatoms. The number of rotatable bonds is 8. The summed E-state index contributed by atoms with van der Waals surface area (Å²) in [5.41, 5.74) is 1.01.